The molecule has 3 atom stereocenters. The molecule has 2 fully saturated rings. The smallest absolute Gasteiger partial charge is 0.239 e. The Morgan fingerprint density at radius 3 is 2.62 bits per heavy atom. The summed E-state index contributed by atoms with van der Waals surface area (Å²) in [5.74, 6) is 0.313. The van der Waals surface area contributed by atoms with Crippen molar-refractivity contribution in [2.45, 2.75) is 44.2 Å². The SMILES string of the molecule is O=C(CNC(=O)Cc1ccccc1)NCC1NNC2CCCCC21. The summed E-state index contributed by atoms with van der Waals surface area (Å²) in [6, 6.07) is 10.3. The van der Waals surface area contributed by atoms with Crippen molar-refractivity contribution >= 4 is 11.8 Å². The van der Waals surface area contributed by atoms with Crippen LogP contribution < -0.4 is 21.5 Å². The highest BCUT2D eigenvalue weighted by Crippen LogP contribution is 2.29. The van der Waals surface area contributed by atoms with E-state index in [1.807, 2.05) is 30.3 Å². The van der Waals surface area contributed by atoms with Gasteiger partial charge in [-0.05, 0) is 24.3 Å². The molecule has 2 amide bonds. The lowest BCUT2D eigenvalue weighted by molar-refractivity contribution is -0.125. The Kier molecular flexibility index (Phi) is 5.82. The highest BCUT2D eigenvalue weighted by atomic mass is 16.2. The summed E-state index contributed by atoms with van der Waals surface area (Å²) in [6.07, 6.45) is 5.26. The average molecular weight is 330 g/mol. The van der Waals surface area contributed by atoms with Crippen LogP contribution in [0.15, 0.2) is 30.3 Å². The molecule has 0 aromatic heterocycles. The molecular formula is C18H26N4O2. The van der Waals surface area contributed by atoms with E-state index in [-0.39, 0.29) is 24.4 Å². The lowest BCUT2D eigenvalue weighted by atomic mass is 9.82. The molecule has 1 saturated carbocycles. The van der Waals surface area contributed by atoms with E-state index in [2.05, 4.69) is 21.5 Å². The second kappa shape index (κ2) is 8.26. The van der Waals surface area contributed by atoms with Crippen LogP contribution >= 0.6 is 0 Å². The first-order valence-electron chi connectivity index (χ1n) is 8.81. The Labute approximate surface area is 142 Å². The van der Waals surface area contributed by atoms with Crippen LogP contribution in [0.3, 0.4) is 0 Å². The van der Waals surface area contributed by atoms with E-state index in [0.717, 1.165) is 5.56 Å². The van der Waals surface area contributed by atoms with Crippen LogP contribution in [0.5, 0.6) is 0 Å². The van der Waals surface area contributed by atoms with Crippen LogP contribution in [0, 0.1) is 5.92 Å². The van der Waals surface area contributed by atoms with Crippen molar-refractivity contribution in [1.29, 1.82) is 0 Å². The second-order valence-corrected chi connectivity index (χ2v) is 6.69. The predicted octanol–water partition coefficient (Wildman–Crippen LogP) is 0.497. The van der Waals surface area contributed by atoms with E-state index in [1.165, 1.54) is 25.7 Å². The number of carbonyl (C=O) groups is 2. The Balaban J connectivity index is 1.35. The monoisotopic (exact) mass is 330 g/mol. The van der Waals surface area contributed by atoms with Crippen molar-refractivity contribution in [3.63, 3.8) is 0 Å². The number of rotatable bonds is 6. The van der Waals surface area contributed by atoms with Crippen molar-refractivity contribution < 1.29 is 9.59 Å². The highest BCUT2D eigenvalue weighted by molar-refractivity contribution is 5.85. The van der Waals surface area contributed by atoms with Crippen LogP contribution in [0.1, 0.15) is 31.2 Å². The average Bonchev–Trinajstić information content (AvgIpc) is 3.02. The van der Waals surface area contributed by atoms with Crippen molar-refractivity contribution in [2.75, 3.05) is 13.1 Å². The molecule has 24 heavy (non-hydrogen) atoms. The van der Waals surface area contributed by atoms with E-state index in [4.69, 9.17) is 0 Å². The van der Waals surface area contributed by atoms with Gasteiger partial charge in [-0.3, -0.25) is 20.4 Å². The number of nitrogens with one attached hydrogen (secondary N) is 4. The van der Waals surface area contributed by atoms with Gasteiger partial charge in [0.2, 0.25) is 11.8 Å². The molecule has 1 aromatic carbocycles. The zero-order valence-electron chi connectivity index (χ0n) is 13.9. The molecule has 0 bridgehead atoms. The number of fused-ring (bicyclic) bond motifs is 1. The summed E-state index contributed by atoms with van der Waals surface area (Å²) in [6.45, 7) is 0.626. The molecule has 130 valence electrons. The van der Waals surface area contributed by atoms with Crippen LogP contribution in [-0.4, -0.2) is 37.0 Å². The van der Waals surface area contributed by atoms with Crippen molar-refractivity contribution in [3.8, 4) is 0 Å². The molecule has 1 saturated heterocycles. The minimum Gasteiger partial charge on any atom is -0.353 e. The Morgan fingerprint density at radius 2 is 1.79 bits per heavy atom. The fourth-order valence-corrected chi connectivity index (χ4v) is 3.65. The van der Waals surface area contributed by atoms with Gasteiger partial charge in [-0.25, -0.2) is 0 Å². The zero-order chi connectivity index (χ0) is 16.8. The molecule has 1 aromatic rings. The Morgan fingerprint density at radius 1 is 1.00 bits per heavy atom. The van der Waals surface area contributed by atoms with Crippen molar-refractivity contribution in [1.82, 2.24) is 21.5 Å². The quantitative estimate of drug-likeness (QED) is 0.612. The van der Waals surface area contributed by atoms with Crippen LogP contribution in [-0.2, 0) is 16.0 Å². The van der Waals surface area contributed by atoms with E-state index < -0.39 is 0 Å². The topological polar surface area (TPSA) is 82.3 Å². The normalized spacial score (nSPS) is 25.8. The number of hydrazine groups is 1. The van der Waals surface area contributed by atoms with Gasteiger partial charge >= 0.3 is 0 Å². The molecule has 4 N–H and O–H groups in total. The summed E-state index contributed by atoms with van der Waals surface area (Å²) in [5.41, 5.74) is 7.58. The van der Waals surface area contributed by atoms with Gasteiger partial charge in [0.1, 0.15) is 0 Å². The molecule has 0 spiro atoms. The van der Waals surface area contributed by atoms with Gasteiger partial charge in [0.25, 0.3) is 0 Å². The largest absolute Gasteiger partial charge is 0.353 e. The van der Waals surface area contributed by atoms with E-state index in [0.29, 0.717) is 24.9 Å². The van der Waals surface area contributed by atoms with Crippen molar-refractivity contribution in [2.24, 2.45) is 5.92 Å². The van der Waals surface area contributed by atoms with E-state index in [9.17, 15) is 9.59 Å². The first-order valence-corrected chi connectivity index (χ1v) is 8.81. The number of benzene rings is 1. The van der Waals surface area contributed by atoms with Crippen LogP contribution in [0.4, 0.5) is 0 Å². The molecule has 6 heteroatoms. The summed E-state index contributed by atoms with van der Waals surface area (Å²) in [5, 5.41) is 5.60. The third-order valence-electron chi connectivity index (χ3n) is 4.96. The fourth-order valence-electron chi connectivity index (χ4n) is 3.65. The maximum Gasteiger partial charge on any atom is 0.239 e. The molecule has 6 nitrogen and oxygen atoms in total. The zero-order valence-corrected chi connectivity index (χ0v) is 13.9. The van der Waals surface area contributed by atoms with Gasteiger partial charge in [-0.2, -0.15) is 0 Å². The third-order valence-corrected chi connectivity index (χ3v) is 4.96. The highest BCUT2D eigenvalue weighted by Gasteiger charge is 2.36. The fraction of sp³-hybridized carbons (Fsp3) is 0.556. The van der Waals surface area contributed by atoms with Gasteiger partial charge in [0, 0.05) is 18.6 Å². The van der Waals surface area contributed by atoms with Crippen molar-refractivity contribution in [3.05, 3.63) is 35.9 Å². The summed E-state index contributed by atoms with van der Waals surface area (Å²) < 4.78 is 0. The summed E-state index contributed by atoms with van der Waals surface area (Å²) in [7, 11) is 0. The number of hydrogen-bond acceptors (Lipinski definition) is 4. The standard InChI is InChI=1S/C18H26N4O2/c23-17(10-13-6-2-1-3-7-13)20-12-18(24)19-11-16-14-8-4-5-9-15(14)21-22-16/h1-3,6-7,14-16,21-22H,4-5,8-12H2,(H,19,24)(H,20,23). The first kappa shape index (κ1) is 16.9. The van der Waals surface area contributed by atoms with Gasteiger partial charge < -0.3 is 10.6 Å². The Hall–Kier alpha value is -1.92. The number of amides is 2. The third kappa shape index (κ3) is 4.55. The van der Waals surface area contributed by atoms with E-state index in [1.54, 1.807) is 0 Å². The molecule has 0 radical (unpaired) electrons. The first-order chi connectivity index (χ1) is 11.7. The molecule has 2 aliphatic rings. The molecule has 3 unspecified atom stereocenters. The lowest BCUT2D eigenvalue weighted by Crippen LogP contribution is -2.45. The number of hydrogen-bond donors (Lipinski definition) is 4. The van der Waals surface area contributed by atoms with Crippen LogP contribution in [0.25, 0.3) is 0 Å². The number of carbonyl (C=O) groups excluding carboxylic acids is 2. The van der Waals surface area contributed by atoms with Gasteiger partial charge in [0.15, 0.2) is 0 Å². The molecular weight excluding hydrogens is 304 g/mol. The molecule has 1 aliphatic heterocycles. The Bertz CT molecular complexity index is 563. The van der Waals surface area contributed by atoms with Gasteiger partial charge in [-0.1, -0.05) is 43.2 Å². The van der Waals surface area contributed by atoms with Gasteiger partial charge in [0.05, 0.1) is 13.0 Å². The summed E-state index contributed by atoms with van der Waals surface area (Å²) in [4.78, 5) is 23.8. The second-order valence-electron chi connectivity index (χ2n) is 6.69. The molecule has 3 rings (SSSR count). The van der Waals surface area contributed by atoms with Gasteiger partial charge in [-0.15, -0.1) is 0 Å². The molecule has 1 heterocycles. The van der Waals surface area contributed by atoms with Crippen LogP contribution in [0.2, 0.25) is 0 Å². The maximum absolute atomic E-state index is 11.9. The molecule has 1 aliphatic carbocycles. The predicted molar refractivity (Wildman–Crippen MR) is 92.0 cm³/mol. The minimum atomic E-state index is -0.141. The maximum atomic E-state index is 11.9. The minimum absolute atomic E-state index is 0.0277. The summed E-state index contributed by atoms with van der Waals surface area (Å²) >= 11 is 0. The van der Waals surface area contributed by atoms with E-state index >= 15 is 0 Å². The lowest BCUT2D eigenvalue weighted by Gasteiger charge is -2.27.